The predicted molar refractivity (Wildman–Crippen MR) is 75.5 cm³/mol. The van der Waals surface area contributed by atoms with Crippen molar-refractivity contribution >= 4 is 5.82 Å². The fourth-order valence-electron chi connectivity index (χ4n) is 2.22. The van der Waals surface area contributed by atoms with Gasteiger partial charge in [-0.1, -0.05) is 20.3 Å². The van der Waals surface area contributed by atoms with Crippen molar-refractivity contribution in [2.75, 3.05) is 19.4 Å². The van der Waals surface area contributed by atoms with Gasteiger partial charge in [0, 0.05) is 18.9 Å². The van der Waals surface area contributed by atoms with Crippen molar-refractivity contribution in [1.82, 2.24) is 10.3 Å². The smallest absolute Gasteiger partial charge is 0.128 e. The number of pyridine rings is 1. The maximum Gasteiger partial charge on any atom is 0.128 e. The quantitative estimate of drug-likeness (QED) is 0.781. The molecule has 4 nitrogen and oxygen atoms in total. The molecule has 4 heteroatoms. The van der Waals surface area contributed by atoms with E-state index in [4.69, 9.17) is 10.5 Å². The Hall–Kier alpha value is -1.13. The zero-order chi connectivity index (χ0) is 13.5. The van der Waals surface area contributed by atoms with E-state index >= 15 is 0 Å². The lowest BCUT2D eigenvalue weighted by Crippen LogP contribution is -2.34. The summed E-state index contributed by atoms with van der Waals surface area (Å²) in [6, 6.07) is 2.20. The van der Waals surface area contributed by atoms with Crippen molar-refractivity contribution in [2.45, 2.75) is 45.8 Å². The van der Waals surface area contributed by atoms with Gasteiger partial charge in [-0.3, -0.25) is 0 Å². The molecular formula is C14H25N3O. The highest BCUT2D eigenvalue weighted by Gasteiger charge is 2.24. The van der Waals surface area contributed by atoms with Crippen LogP contribution in [0.2, 0.25) is 0 Å². The van der Waals surface area contributed by atoms with Gasteiger partial charge in [0.25, 0.3) is 0 Å². The summed E-state index contributed by atoms with van der Waals surface area (Å²) in [6.45, 7) is 7.15. The molecule has 1 aromatic rings. The van der Waals surface area contributed by atoms with Gasteiger partial charge in [-0.2, -0.15) is 0 Å². The molecule has 0 fully saturated rings. The van der Waals surface area contributed by atoms with E-state index in [1.54, 1.807) is 13.3 Å². The van der Waals surface area contributed by atoms with Gasteiger partial charge in [-0.25, -0.2) is 4.98 Å². The first-order valence-electron chi connectivity index (χ1n) is 6.62. The number of aromatic nitrogens is 1. The van der Waals surface area contributed by atoms with Crippen molar-refractivity contribution in [2.24, 2.45) is 0 Å². The summed E-state index contributed by atoms with van der Waals surface area (Å²) in [5.74, 6) is 0.588. The lowest BCUT2D eigenvalue weighted by molar-refractivity contribution is 0.0612. The van der Waals surface area contributed by atoms with Crippen LogP contribution < -0.4 is 11.1 Å². The van der Waals surface area contributed by atoms with E-state index in [0.717, 1.165) is 30.5 Å². The summed E-state index contributed by atoms with van der Waals surface area (Å²) in [5.41, 5.74) is 8.16. The van der Waals surface area contributed by atoms with Gasteiger partial charge in [-0.15, -0.1) is 0 Å². The molecule has 2 atom stereocenters. The van der Waals surface area contributed by atoms with Crippen LogP contribution >= 0.6 is 0 Å². The second-order valence-electron chi connectivity index (χ2n) is 4.59. The second-order valence-corrected chi connectivity index (χ2v) is 4.59. The molecule has 0 aliphatic rings. The van der Waals surface area contributed by atoms with E-state index in [9.17, 15) is 0 Å². The van der Waals surface area contributed by atoms with Crippen LogP contribution in [0, 0.1) is 6.92 Å². The molecule has 0 radical (unpaired) electrons. The predicted octanol–water partition coefficient (Wildman–Crippen LogP) is 2.44. The first-order valence-corrected chi connectivity index (χ1v) is 6.62. The van der Waals surface area contributed by atoms with E-state index in [-0.39, 0.29) is 12.1 Å². The number of aryl methyl sites for hydroxylation is 1. The highest BCUT2D eigenvalue weighted by atomic mass is 16.5. The minimum absolute atomic E-state index is 0.104. The van der Waals surface area contributed by atoms with Gasteiger partial charge in [0.15, 0.2) is 0 Å². The van der Waals surface area contributed by atoms with Gasteiger partial charge in [-0.05, 0) is 31.5 Å². The van der Waals surface area contributed by atoms with Crippen LogP contribution in [0.15, 0.2) is 12.3 Å². The van der Waals surface area contributed by atoms with Crippen molar-refractivity contribution in [3.63, 3.8) is 0 Å². The lowest BCUT2D eigenvalue weighted by Gasteiger charge is -2.27. The number of nitrogens with one attached hydrogen (secondary N) is 1. The highest BCUT2D eigenvalue weighted by Crippen LogP contribution is 2.26. The number of nitrogens with zero attached hydrogens (tertiary/aromatic N) is 1. The van der Waals surface area contributed by atoms with E-state index in [1.807, 2.05) is 6.92 Å². The standard InChI is InChI=1S/C14H25N3O/c1-5-7-12(18-4)13(16-6-2)11-8-10(3)9-17-14(11)15/h8-9,12-13,16H,5-7H2,1-4H3,(H2,15,17). The molecule has 102 valence electrons. The Bertz CT molecular complexity index is 368. The number of anilines is 1. The number of hydrogen-bond donors (Lipinski definition) is 2. The molecule has 2 unspecified atom stereocenters. The molecule has 0 spiro atoms. The van der Waals surface area contributed by atoms with Gasteiger partial charge < -0.3 is 15.8 Å². The monoisotopic (exact) mass is 251 g/mol. The molecule has 18 heavy (non-hydrogen) atoms. The molecule has 0 aliphatic heterocycles. The van der Waals surface area contributed by atoms with Crippen LogP contribution in [-0.4, -0.2) is 24.7 Å². The zero-order valence-electron chi connectivity index (χ0n) is 11.9. The molecular weight excluding hydrogens is 226 g/mol. The van der Waals surface area contributed by atoms with E-state index in [0.29, 0.717) is 5.82 Å². The van der Waals surface area contributed by atoms with Crippen LogP contribution in [0.25, 0.3) is 0 Å². The van der Waals surface area contributed by atoms with Crippen LogP contribution in [0.4, 0.5) is 5.82 Å². The van der Waals surface area contributed by atoms with Crippen LogP contribution in [-0.2, 0) is 4.74 Å². The number of ether oxygens (including phenoxy) is 1. The molecule has 1 heterocycles. The van der Waals surface area contributed by atoms with Crippen LogP contribution in [0.1, 0.15) is 43.9 Å². The average molecular weight is 251 g/mol. The SMILES string of the molecule is CCCC(OC)C(NCC)c1cc(C)cnc1N. The van der Waals surface area contributed by atoms with E-state index < -0.39 is 0 Å². The van der Waals surface area contributed by atoms with Crippen molar-refractivity contribution < 1.29 is 4.74 Å². The highest BCUT2D eigenvalue weighted by molar-refractivity contribution is 5.43. The third-order valence-electron chi connectivity index (χ3n) is 3.09. The number of methoxy groups -OCH3 is 1. The number of nitrogens with two attached hydrogens (primary N) is 1. The minimum Gasteiger partial charge on any atom is -0.383 e. The van der Waals surface area contributed by atoms with Crippen LogP contribution in [0.3, 0.4) is 0 Å². The van der Waals surface area contributed by atoms with Crippen LogP contribution in [0.5, 0.6) is 0 Å². The molecule has 1 rings (SSSR count). The summed E-state index contributed by atoms with van der Waals surface area (Å²) in [6.07, 6.45) is 4.01. The van der Waals surface area contributed by atoms with Crippen molar-refractivity contribution in [3.05, 3.63) is 23.4 Å². The summed E-state index contributed by atoms with van der Waals surface area (Å²) < 4.78 is 5.61. The zero-order valence-corrected chi connectivity index (χ0v) is 11.9. The number of likely N-dealkylation sites (N-methyl/N-ethyl adjacent to an activating group) is 1. The molecule has 0 bridgehead atoms. The molecule has 0 aliphatic carbocycles. The third kappa shape index (κ3) is 3.68. The van der Waals surface area contributed by atoms with Gasteiger partial charge in [0.2, 0.25) is 0 Å². The Balaban J connectivity index is 3.05. The Labute approximate surface area is 110 Å². The number of nitrogen functional groups attached to an aromatic ring is 1. The summed E-state index contributed by atoms with van der Waals surface area (Å²) in [5, 5.41) is 3.46. The maximum atomic E-state index is 6.00. The Morgan fingerprint density at radius 1 is 1.44 bits per heavy atom. The maximum absolute atomic E-state index is 6.00. The number of hydrogen-bond acceptors (Lipinski definition) is 4. The van der Waals surface area contributed by atoms with E-state index in [1.165, 1.54) is 0 Å². The topological polar surface area (TPSA) is 60.2 Å². The summed E-state index contributed by atoms with van der Waals surface area (Å²) in [4.78, 5) is 4.24. The molecule has 0 saturated carbocycles. The molecule has 0 amide bonds. The average Bonchev–Trinajstić information content (AvgIpc) is 2.37. The van der Waals surface area contributed by atoms with Gasteiger partial charge in [0.1, 0.15) is 5.82 Å². The van der Waals surface area contributed by atoms with Gasteiger partial charge >= 0.3 is 0 Å². The Kier molecular flexibility index (Phi) is 6.09. The molecule has 3 N–H and O–H groups in total. The van der Waals surface area contributed by atoms with E-state index in [2.05, 4.69) is 30.2 Å². The molecule has 0 aromatic carbocycles. The largest absolute Gasteiger partial charge is 0.383 e. The summed E-state index contributed by atoms with van der Waals surface area (Å²) in [7, 11) is 1.75. The van der Waals surface area contributed by atoms with Crippen molar-refractivity contribution in [3.8, 4) is 0 Å². The summed E-state index contributed by atoms with van der Waals surface area (Å²) >= 11 is 0. The Morgan fingerprint density at radius 3 is 2.72 bits per heavy atom. The third-order valence-corrected chi connectivity index (χ3v) is 3.09. The Morgan fingerprint density at radius 2 is 2.17 bits per heavy atom. The lowest BCUT2D eigenvalue weighted by atomic mass is 9.97. The second kappa shape index (κ2) is 7.34. The fourth-order valence-corrected chi connectivity index (χ4v) is 2.22. The molecule has 1 aromatic heterocycles. The minimum atomic E-state index is 0.104. The van der Waals surface area contributed by atoms with Gasteiger partial charge in [0.05, 0.1) is 12.1 Å². The first kappa shape index (κ1) is 14.9. The van der Waals surface area contributed by atoms with Crippen molar-refractivity contribution in [1.29, 1.82) is 0 Å². The number of rotatable bonds is 7. The fraction of sp³-hybridized carbons (Fsp3) is 0.643. The first-order chi connectivity index (χ1) is 8.63. The molecule has 0 saturated heterocycles. The normalized spacial score (nSPS) is 14.4.